The fraction of sp³-hybridized carbons (Fsp3) is 0.333. The van der Waals surface area contributed by atoms with Crippen LogP contribution in [0, 0.1) is 17.7 Å². The summed E-state index contributed by atoms with van der Waals surface area (Å²) >= 11 is 0. The second kappa shape index (κ2) is 2.83. The molecule has 0 fully saturated rings. The molecule has 1 aromatic rings. The summed E-state index contributed by atoms with van der Waals surface area (Å²) in [4.78, 5) is 0. The zero-order valence-corrected chi connectivity index (χ0v) is 6.99. The van der Waals surface area contributed by atoms with Gasteiger partial charge in [-0.05, 0) is 31.5 Å². The number of halogens is 2. The van der Waals surface area contributed by atoms with Gasteiger partial charge in [0.25, 0.3) is 0 Å². The summed E-state index contributed by atoms with van der Waals surface area (Å²) in [6, 6.07) is 4.26. The third kappa shape index (κ3) is 2.01. The van der Waals surface area contributed by atoms with Gasteiger partial charge >= 0.3 is 0 Å². The molecule has 0 aliphatic rings. The average molecular weight is 170 g/mol. The Kier molecular flexibility index (Phi) is 2.15. The van der Waals surface area contributed by atoms with Crippen LogP contribution in [0.1, 0.15) is 19.4 Å². The lowest BCUT2D eigenvalue weighted by Gasteiger charge is -2.18. The van der Waals surface area contributed by atoms with Crippen molar-refractivity contribution in [1.82, 2.24) is 0 Å². The van der Waals surface area contributed by atoms with Crippen LogP contribution < -0.4 is 5.73 Å². The summed E-state index contributed by atoms with van der Waals surface area (Å²) in [5.74, 6) is -1.44. The molecule has 65 valence electrons. The summed E-state index contributed by atoms with van der Waals surface area (Å²) < 4.78 is 25.2. The van der Waals surface area contributed by atoms with Gasteiger partial charge in [0.2, 0.25) is 0 Å². The number of benzene rings is 1. The van der Waals surface area contributed by atoms with Crippen molar-refractivity contribution in [3.05, 3.63) is 35.4 Å². The summed E-state index contributed by atoms with van der Waals surface area (Å²) in [5.41, 5.74) is 5.35. The molecule has 1 nitrogen and oxygen atoms in total. The first-order valence-electron chi connectivity index (χ1n) is 3.57. The summed E-state index contributed by atoms with van der Waals surface area (Å²) in [6.07, 6.45) is 0. The summed E-state index contributed by atoms with van der Waals surface area (Å²) in [5, 5.41) is 0. The van der Waals surface area contributed by atoms with Gasteiger partial charge in [-0.2, -0.15) is 0 Å². The predicted octanol–water partition coefficient (Wildman–Crippen LogP) is 1.96. The topological polar surface area (TPSA) is 26.0 Å². The standard InChI is InChI=1S/C9H10F2N/c1-9(2,12)6-3-7(10)5-8(11)4-6/h3-4H,12H2,1-2H3. The van der Waals surface area contributed by atoms with Crippen LogP contribution in [0.15, 0.2) is 12.1 Å². The van der Waals surface area contributed by atoms with E-state index in [4.69, 9.17) is 5.73 Å². The lowest BCUT2D eigenvalue weighted by atomic mass is 9.96. The Morgan fingerprint density at radius 2 is 1.67 bits per heavy atom. The van der Waals surface area contributed by atoms with E-state index < -0.39 is 17.2 Å². The average Bonchev–Trinajstić information content (AvgIpc) is 1.82. The van der Waals surface area contributed by atoms with Crippen molar-refractivity contribution in [3.63, 3.8) is 0 Å². The Bertz CT molecular complexity index is 269. The van der Waals surface area contributed by atoms with Gasteiger partial charge in [-0.1, -0.05) is 0 Å². The monoisotopic (exact) mass is 170 g/mol. The van der Waals surface area contributed by atoms with Gasteiger partial charge < -0.3 is 5.73 Å². The lowest BCUT2D eigenvalue weighted by molar-refractivity contribution is 0.524. The van der Waals surface area contributed by atoms with Crippen molar-refractivity contribution in [2.75, 3.05) is 0 Å². The normalized spacial score (nSPS) is 11.8. The molecular weight excluding hydrogens is 160 g/mol. The first-order valence-corrected chi connectivity index (χ1v) is 3.57. The van der Waals surface area contributed by atoms with Crippen LogP contribution in [0.25, 0.3) is 0 Å². The highest BCUT2D eigenvalue weighted by Gasteiger charge is 2.15. The fourth-order valence-electron chi connectivity index (χ4n) is 0.873. The second-order valence-corrected chi connectivity index (χ2v) is 3.29. The molecule has 0 aliphatic heterocycles. The zero-order valence-electron chi connectivity index (χ0n) is 6.99. The highest BCUT2D eigenvalue weighted by atomic mass is 19.1. The van der Waals surface area contributed by atoms with Crippen LogP contribution in [-0.4, -0.2) is 0 Å². The first kappa shape index (κ1) is 9.13. The highest BCUT2D eigenvalue weighted by Crippen LogP contribution is 2.18. The smallest absolute Gasteiger partial charge is 0.134 e. The molecular formula is C9H10F2N. The van der Waals surface area contributed by atoms with Gasteiger partial charge in [-0.15, -0.1) is 0 Å². The van der Waals surface area contributed by atoms with Crippen molar-refractivity contribution >= 4 is 0 Å². The molecule has 1 radical (unpaired) electrons. The van der Waals surface area contributed by atoms with E-state index in [0.717, 1.165) is 0 Å². The second-order valence-electron chi connectivity index (χ2n) is 3.29. The summed E-state index contributed by atoms with van der Waals surface area (Å²) in [6.45, 7) is 3.36. The molecule has 0 atom stereocenters. The SMILES string of the molecule is CC(C)(N)c1cc(F)[c]c(F)c1. The Morgan fingerprint density at radius 1 is 1.25 bits per heavy atom. The molecule has 3 heteroatoms. The quantitative estimate of drug-likeness (QED) is 0.685. The van der Waals surface area contributed by atoms with E-state index in [1.807, 2.05) is 6.07 Å². The molecule has 0 spiro atoms. The molecule has 2 N–H and O–H groups in total. The number of hydrogen-bond acceptors (Lipinski definition) is 1. The molecule has 0 bridgehead atoms. The fourth-order valence-corrected chi connectivity index (χ4v) is 0.873. The van der Waals surface area contributed by atoms with Crippen LogP contribution in [0.3, 0.4) is 0 Å². The van der Waals surface area contributed by atoms with E-state index in [2.05, 4.69) is 0 Å². The molecule has 0 heterocycles. The molecule has 0 saturated carbocycles. The molecule has 0 amide bonds. The third-order valence-corrected chi connectivity index (χ3v) is 1.55. The number of nitrogens with two attached hydrogens (primary N) is 1. The predicted molar refractivity (Wildman–Crippen MR) is 42.4 cm³/mol. The van der Waals surface area contributed by atoms with Gasteiger partial charge in [0.15, 0.2) is 0 Å². The van der Waals surface area contributed by atoms with Crippen molar-refractivity contribution in [2.24, 2.45) is 5.73 Å². The maximum Gasteiger partial charge on any atom is 0.134 e. The molecule has 0 saturated heterocycles. The molecule has 1 aromatic carbocycles. The minimum absolute atomic E-state index is 0.427. The Labute approximate surface area is 70.2 Å². The van der Waals surface area contributed by atoms with E-state index in [1.165, 1.54) is 12.1 Å². The van der Waals surface area contributed by atoms with E-state index in [0.29, 0.717) is 5.56 Å². The molecule has 0 aliphatic carbocycles. The van der Waals surface area contributed by atoms with Crippen LogP contribution in [-0.2, 0) is 5.54 Å². The van der Waals surface area contributed by atoms with Crippen molar-refractivity contribution in [2.45, 2.75) is 19.4 Å². The zero-order chi connectivity index (χ0) is 9.35. The van der Waals surface area contributed by atoms with E-state index in [1.54, 1.807) is 13.8 Å². The largest absolute Gasteiger partial charge is 0.322 e. The maximum atomic E-state index is 12.6. The molecule has 1 rings (SSSR count). The van der Waals surface area contributed by atoms with Gasteiger partial charge in [-0.25, -0.2) is 8.78 Å². The van der Waals surface area contributed by atoms with Gasteiger partial charge in [-0.3, -0.25) is 0 Å². The third-order valence-electron chi connectivity index (χ3n) is 1.55. The first-order chi connectivity index (χ1) is 5.39. The van der Waals surface area contributed by atoms with Crippen molar-refractivity contribution in [3.8, 4) is 0 Å². The lowest BCUT2D eigenvalue weighted by Crippen LogP contribution is -2.28. The number of rotatable bonds is 1. The minimum atomic E-state index is -0.725. The highest BCUT2D eigenvalue weighted by molar-refractivity contribution is 5.23. The van der Waals surface area contributed by atoms with Crippen LogP contribution in [0.2, 0.25) is 0 Å². The van der Waals surface area contributed by atoms with Gasteiger partial charge in [0.1, 0.15) is 11.6 Å². The van der Waals surface area contributed by atoms with Crippen molar-refractivity contribution < 1.29 is 8.78 Å². The van der Waals surface area contributed by atoms with Gasteiger partial charge in [0, 0.05) is 5.54 Å². The number of hydrogen-bond donors (Lipinski definition) is 1. The molecule has 12 heavy (non-hydrogen) atoms. The Balaban J connectivity index is 3.18. The molecule has 0 unspecified atom stereocenters. The Hall–Kier alpha value is -0.960. The molecule has 0 aromatic heterocycles. The van der Waals surface area contributed by atoms with E-state index in [9.17, 15) is 8.78 Å². The Morgan fingerprint density at radius 3 is 2.00 bits per heavy atom. The van der Waals surface area contributed by atoms with Crippen molar-refractivity contribution in [1.29, 1.82) is 0 Å². The summed E-state index contributed by atoms with van der Waals surface area (Å²) in [7, 11) is 0. The van der Waals surface area contributed by atoms with Crippen LogP contribution >= 0.6 is 0 Å². The van der Waals surface area contributed by atoms with Gasteiger partial charge in [0.05, 0.1) is 6.07 Å². The maximum absolute atomic E-state index is 12.6. The van der Waals surface area contributed by atoms with Crippen LogP contribution in [0.5, 0.6) is 0 Å². The van der Waals surface area contributed by atoms with Crippen LogP contribution in [0.4, 0.5) is 8.78 Å². The minimum Gasteiger partial charge on any atom is -0.322 e. The van der Waals surface area contributed by atoms with E-state index in [-0.39, 0.29) is 0 Å². The van der Waals surface area contributed by atoms with E-state index >= 15 is 0 Å².